The summed E-state index contributed by atoms with van der Waals surface area (Å²) in [4.78, 5) is 12.7. The van der Waals surface area contributed by atoms with E-state index in [1.807, 2.05) is 0 Å². The number of aromatic nitrogens is 3. The van der Waals surface area contributed by atoms with Gasteiger partial charge in [0.05, 0.1) is 18.8 Å². The van der Waals surface area contributed by atoms with E-state index in [1.54, 1.807) is 36.5 Å². The average Bonchev–Trinajstić information content (AvgIpc) is 2.67. The number of anilines is 3. The normalized spacial score (nSPS) is 10.7. The molecular weight excluding hydrogens is 348 g/mol. The van der Waals surface area contributed by atoms with Gasteiger partial charge in [-0.2, -0.15) is 15.0 Å². The molecule has 9 nitrogen and oxygen atoms in total. The smallest absolute Gasteiger partial charge is 0.231 e. The van der Waals surface area contributed by atoms with Crippen molar-refractivity contribution >= 4 is 17.8 Å². The predicted octanol–water partition coefficient (Wildman–Crippen LogP) is 3.13. The molecule has 0 saturated heterocycles. The van der Waals surface area contributed by atoms with E-state index < -0.39 is 0 Å². The summed E-state index contributed by atoms with van der Waals surface area (Å²) in [7, 11) is 0. The van der Waals surface area contributed by atoms with E-state index in [9.17, 15) is 0 Å². The van der Waals surface area contributed by atoms with Crippen molar-refractivity contribution < 1.29 is 14.2 Å². The van der Waals surface area contributed by atoms with Gasteiger partial charge in [-0.15, -0.1) is 0 Å². The van der Waals surface area contributed by atoms with Gasteiger partial charge in [-0.05, 0) is 18.2 Å². The zero-order valence-corrected chi connectivity index (χ0v) is 15.0. The Morgan fingerprint density at radius 1 is 0.593 bits per heavy atom. The predicted molar refractivity (Wildman–Crippen MR) is 107 cm³/mol. The highest BCUT2D eigenvalue weighted by molar-refractivity contribution is 5.41. The molecule has 0 bridgehead atoms. The lowest BCUT2D eigenvalue weighted by atomic mass is 10.6. The molecule has 0 saturated carbocycles. The van der Waals surface area contributed by atoms with Crippen LogP contribution in [0.25, 0.3) is 0 Å². The van der Waals surface area contributed by atoms with Gasteiger partial charge in [-0.3, -0.25) is 0 Å². The van der Waals surface area contributed by atoms with Crippen LogP contribution < -0.4 is 16.0 Å². The molecule has 0 aliphatic carbocycles. The lowest BCUT2D eigenvalue weighted by Crippen LogP contribution is -2.15. The Morgan fingerprint density at radius 3 is 1.15 bits per heavy atom. The molecule has 0 spiro atoms. The van der Waals surface area contributed by atoms with Crippen molar-refractivity contribution in [3.05, 3.63) is 75.0 Å². The number of hydrogen-bond donors (Lipinski definition) is 3. The monoisotopic (exact) mass is 372 g/mol. The molecule has 0 amide bonds. The van der Waals surface area contributed by atoms with Gasteiger partial charge in [-0.25, -0.2) is 0 Å². The van der Waals surface area contributed by atoms with E-state index in [0.29, 0.717) is 17.8 Å². The molecule has 0 aliphatic rings. The minimum absolute atomic E-state index is 0.171. The van der Waals surface area contributed by atoms with Gasteiger partial charge >= 0.3 is 0 Å². The van der Waals surface area contributed by atoms with Gasteiger partial charge in [-0.1, -0.05) is 38.0 Å². The van der Waals surface area contributed by atoms with Gasteiger partial charge < -0.3 is 30.2 Å². The topological polar surface area (TPSA) is 102 Å². The number of nitrogens with one attached hydrogen (secondary N) is 3. The van der Waals surface area contributed by atoms with Crippen LogP contribution >= 0.6 is 0 Å². The van der Waals surface area contributed by atoms with Crippen molar-refractivity contribution in [2.45, 2.75) is 0 Å². The van der Waals surface area contributed by atoms with Crippen LogP contribution in [-0.2, 0) is 14.2 Å². The summed E-state index contributed by atoms with van der Waals surface area (Å²) in [6.45, 7) is 11.2. The molecule has 0 fully saturated rings. The maximum absolute atomic E-state index is 5.22. The van der Waals surface area contributed by atoms with Gasteiger partial charge in [0.15, 0.2) is 20.2 Å². The molecule has 0 radical (unpaired) electrons. The van der Waals surface area contributed by atoms with Gasteiger partial charge in [0.2, 0.25) is 17.8 Å². The molecule has 27 heavy (non-hydrogen) atoms. The van der Waals surface area contributed by atoms with Crippen LogP contribution in [0.5, 0.6) is 0 Å². The quantitative estimate of drug-likeness (QED) is 0.185. The van der Waals surface area contributed by atoms with E-state index in [-0.39, 0.29) is 20.2 Å². The Morgan fingerprint density at radius 2 is 0.889 bits per heavy atom. The number of hydrogen-bond acceptors (Lipinski definition) is 9. The molecule has 144 valence electrons. The molecular formula is C18H24N6O3. The Hall–Kier alpha value is -3.75. The molecule has 0 aromatic carbocycles. The van der Waals surface area contributed by atoms with Gasteiger partial charge in [0.1, 0.15) is 0 Å². The van der Waals surface area contributed by atoms with E-state index in [0.717, 1.165) is 0 Å². The second kappa shape index (κ2) is 14.6. The van der Waals surface area contributed by atoms with Crippen molar-refractivity contribution in [1.29, 1.82) is 0 Å². The molecule has 9 heteroatoms. The molecule has 1 heterocycles. The first-order valence-corrected chi connectivity index (χ1v) is 7.95. The van der Waals surface area contributed by atoms with Crippen LogP contribution in [0.3, 0.4) is 0 Å². The zero-order valence-electron chi connectivity index (χ0n) is 15.0. The molecule has 3 N–H and O–H groups in total. The summed E-state index contributed by atoms with van der Waals surface area (Å²) in [5, 5.41) is 8.76. The van der Waals surface area contributed by atoms with E-state index in [4.69, 9.17) is 14.2 Å². The first-order valence-electron chi connectivity index (χ1n) is 7.95. The first-order chi connectivity index (χ1) is 13.3. The van der Waals surface area contributed by atoms with Crippen LogP contribution in [0.15, 0.2) is 75.0 Å². The molecule has 0 atom stereocenters. The van der Waals surface area contributed by atoms with Crippen molar-refractivity contribution in [3.8, 4) is 0 Å². The largest absolute Gasteiger partial charge is 0.481 e. The van der Waals surface area contributed by atoms with Crippen molar-refractivity contribution in [2.24, 2.45) is 0 Å². The van der Waals surface area contributed by atoms with Crippen LogP contribution in [0.1, 0.15) is 0 Å². The summed E-state index contributed by atoms with van der Waals surface area (Å²) < 4.78 is 15.7. The summed E-state index contributed by atoms with van der Waals surface area (Å²) >= 11 is 0. The second-order valence-electron chi connectivity index (χ2n) is 4.46. The number of nitrogens with zero attached hydrogens (tertiary/aromatic N) is 3. The third-order valence-electron chi connectivity index (χ3n) is 2.51. The van der Waals surface area contributed by atoms with Gasteiger partial charge in [0, 0.05) is 0 Å². The molecule has 0 aliphatic heterocycles. The molecule has 0 unspecified atom stereocenters. The summed E-state index contributed by atoms with van der Waals surface area (Å²) in [6.07, 6.45) is 14.3. The Bertz CT molecular complexity index is 570. The molecule has 1 aromatic heterocycles. The Kier molecular flexibility index (Phi) is 11.5. The fourth-order valence-corrected chi connectivity index (χ4v) is 1.41. The maximum Gasteiger partial charge on any atom is 0.231 e. The minimum atomic E-state index is 0.171. The average molecular weight is 372 g/mol. The highest BCUT2D eigenvalue weighted by Gasteiger charge is 2.06. The summed E-state index contributed by atoms with van der Waals surface area (Å²) in [5.41, 5.74) is 0. The highest BCUT2D eigenvalue weighted by Crippen LogP contribution is 2.09. The molecule has 1 aromatic rings. The third-order valence-corrected chi connectivity index (χ3v) is 2.51. The van der Waals surface area contributed by atoms with E-state index in [1.165, 1.54) is 18.8 Å². The Labute approximate surface area is 158 Å². The van der Waals surface area contributed by atoms with Crippen LogP contribution in [-0.4, -0.2) is 35.1 Å². The lowest BCUT2D eigenvalue weighted by molar-refractivity contribution is 0.272. The fraction of sp³-hybridized carbons (Fsp3) is 0.167. The van der Waals surface area contributed by atoms with Crippen molar-refractivity contribution in [3.63, 3.8) is 0 Å². The van der Waals surface area contributed by atoms with E-state index in [2.05, 4.69) is 50.6 Å². The standard InChI is InChI=1S/C18H24N6O3/c1-4-7-10-25-13-19-16-22-17(20-14-26-11-8-5-2)24-18(23-16)21-15-27-12-9-6-3/h4-12H,1-3,13-15H2,(H3,19,20,21,22,23,24). The zero-order chi connectivity index (χ0) is 19.6. The van der Waals surface area contributed by atoms with E-state index >= 15 is 0 Å². The SMILES string of the molecule is C=CC=COCNc1nc(NCOC=CC=C)nc(NCOC=CC=C)n1. The number of allylic oxidation sites excluding steroid dienone is 6. The fourth-order valence-electron chi connectivity index (χ4n) is 1.41. The van der Waals surface area contributed by atoms with Crippen LogP contribution in [0.4, 0.5) is 17.8 Å². The Balaban J connectivity index is 2.67. The maximum atomic E-state index is 5.22. The number of rotatable bonds is 15. The highest BCUT2D eigenvalue weighted by atomic mass is 16.5. The van der Waals surface area contributed by atoms with Gasteiger partial charge in [0.25, 0.3) is 0 Å². The first kappa shape index (κ1) is 21.3. The third kappa shape index (κ3) is 10.7. The molecule has 1 rings (SSSR count). The lowest BCUT2D eigenvalue weighted by Gasteiger charge is -2.11. The van der Waals surface area contributed by atoms with Crippen molar-refractivity contribution in [1.82, 2.24) is 15.0 Å². The second-order valence-corrected chi connectivity index (χ2v) is 4.46. The number of ether oxygens (including phenoxy) is 3. The van der Waals surface area contributed by atoms with Crippen LogP contribution in [0.2, 0.25) is 0 Å². The minimum Gasteiger partial charge on any atom is -0.481 e. The summed E-state index contributed by atoms with van der Waals surface area (Å²) in [6, 6.07) is 0. The van der Waals surface area contributed by atoms with Crippen molar-refractivity contribution in [2.75, 3.05) is 36.1 Å². The van der Waals surface area contributed by atoms with Crippen LogP contribution in [0, 0.1) is 0 Å². The summed E-state index contributed by atoms with van der Waals surface area (Å²) in [5.74, 6) is 0.931.